The lowest BCUT2D eigenvalue weighted by molar-refractivity contribution is 0.394. The molecule has 15 heavy (non-hydrogen) atoms. The molecule has 0 radical (unpaired) electrons. The van der Waals surface area contributed by atoms with E-state index in [0.29, 0.717) is 5.88 Å². The van der Waals surface area contributed by atoms with Crippen molar-refractivity contribution in [3.63, 3.8) is 0 Å². The van der Waals surface area contributed by atoms with Crippen LogP contribution in [0.5, 0.6) is 5.88 Å². The van der Waals surface area contributed by atoms with Crippen molar-refractivity contribution >= 4 is 11.6 Å². The Balaban J connectivity index is 2.41. The normalized spacial score (nSPS) is 10.3. The number of aromatic nitrogens is 3. The van der Waals surface area contributed by atoms with Crippen LogP contribution in [-0.4, -0.2) is 22.1 Å². The lowest BCUT2D eigenvalue weighted by Crippen LogP contribution is -1.98. The van der Waals surface area contributed by atoms with Crippen molar-refractivity contribution in [3.05, 3.63) is 35.0 Å². The summed E-state index contributed by atoms with van der Waals surface area (Å²) in [5, 5.41) is 8.37. The van der Waals surface area contributed by atoms with E-state index in [1.807, 2.05) is 31.2 Å². The van der Waals surface area contributed by atoms with Crippen LogP contribution in [0.2, 0.25) is 5.15 Å². The summed E-state index contributed by atoms with van der Waals surface area (Å²) < 4.78 is 4.94. The molecule has 4 nitrogen and oxygen atoms in total. The Morgan fingerprint density at radius 2 is 1.87 bits per heavy atom. The number of methoxy groups -OCH3 is 1. The van der Waals surface area contributed by atoms with Crippen LogP contribution in [0.15, 0.2) is 24.3 Å². The van der Waals surface area contributed by atoms with Gasteiger partial charge in [0.25, 0.3) is 5.88 Å². The number of nitrogens with zero attached hydrogens (tertiary/aromatic N) is 3. The Morgan fingerprint density at radius 1 is 1.20 bits per heavy atom. The van der Waals surface area contributed by atoms with Gasteiger partial charge < -0.3 is 4.74 Å². The molecule has 0 N–H and O–H groups in total. The van der Waals surface area contributed by atoms with E-state index in [0.717, 1.165) is 5.69 Å². The quantitative estimate of drug-likeness (QED) is 0.784. The summed E-state index contributed by atoms with van der Waals surface area (Å²) in [6, 6.07) is 7.81. The number of benzene rings is 1. The molecule has 0 spiro atoms. The SMILES string of the molecule is COc1nn(-c2ccc(C)cc2)nc1Cl. The molecular weight excluding hydrogens is 214 g/mol. The number of rotatable bonds is 2. The average molecular weight is 224 g/mol. The maximum atomic E-state index is 5.81. The molecule has 0 bridgehead atoms. The van der Waals surface area contributed by atoms with Gasteiger partial charge in [0.1, 0.15) is 0 Å². The Morgan fingerprint density at radius 3 is 2.40 bits per heavy atom. The van der Waals surface area contributed by atoms with Gasteiger partial charge in [0, 0.05) is 0 Å². The van der Waals surface area contributed by atoms with Gasteiger partial charge in [-0.1, -0.05) is 29.3 Å². The van der Waals surface area contributed by atoms with E-state index < -0.39 is 0 Å². The maximum Gasteiger partial charge on any atom is 0.273 e. The van der Waals surface area contributed by atoms with Crippen molar-refractivity contribution in [3.8, 4) is 11.6 Å². The predicted octanol–water partition coefficient (Wildman–Crippen LogP) is 2.24. The predicted molar refractivity (Wildman–Crippen MR) is 57.7 cm³/mol. The molecule has 0 aliphatic heterocycles. The minimum Gasteiger partial charge on any atom is -0.478 e. The first-order chi connectivity index (χ1) is 7.20. The molecule has 0 unspecified atom stereocenters. The highest BCUT2D eigenvalue weighted by atomic mass is 35.5. The highest BCUT2D eigenvalue weighted by molar-refractivity contribution is 6.30. The van der Waals surface area contributed by atoms with Crippen molar-refractivity contribution < 1.29 is 4.74 Å². The molecule has 0 fully saturated rings. The summed E-state index contributed by atoms with van der Waals surface area (Å²) in [4.78, 5) is 1.45. The zero-order valence-electron chi connectivity index (χ0n) is 8.44. The van der Waals surface area contributed by atoms with Crippen molar-refractivity contribution in [2.45, 2.75) is 6.92 Å². The fraction of sp³-hybridized carbons (Fsp3) is 0.200. The van der Waals surface area contributed by atoms with Crippen LogP contribution in [0, 0.1) is 6.92 Å². The summed E-state index contributed by atoms with van der Waals surface area (Å²) in [7, 11) is 1.51. The van der Waals surface area contributed by atoms with E-state index in [2.05, 4.69) is 10.2 Å². The second-order valence-electron chi connectivity index (χ2n) is 3.13. The van der Waals surface area contributed by atoms with Gasteiger partial charge in [0.2, 0.25) is 5.15 Å². The zero-order chi connectivity index (χ0) is 10.8. The lowest BCUT2D eigenvalue weighted by atomic mass is 10.2. The molecule has 1 aromatic carbocycles. The van der Waals surface area contributed by atoms with Gasteiger partial charge in [-0.05, 0) is 19.1 Å². The molecule has 0 saturated carbocycles. The fourth-order valence-corrected chi connectivity index (χ4v) is 1.38. The second kappa shape index (κ2) is 3.90. The molecule has 78 valence electrons. The number of aryl methyl sites for hydroxylation is 1. The van der Waals surface area contributed by atoms with Gasteiger partial charge >= 0.3 is 0 Å². The van der Waals surface area contributed by atoms with Gasteiger partial charge in [-0.3, -0.25) is 0 Å². The van der Waals surface area contributed by atoms with Gasteiger partial charge in [-0.15, -0.1) is 15.0 Å². The van der Waals surface area contributed by atoms with E-state index >= 15 is 0 Å². The highest BCUT2D eigenvalue weighted by Crippen LogP contribution is 2.19. The molecule has 1 heterocycles. The van der Waals surface area contributed by atoms with Gasteiger partial charge in [-0.25, -0.2) is 0 Å². The Kier molecular flexibility index (Phi) is 2.60. The molecule has 0 amide bonds. The van der Waals surface area contributed by atoms with E-state index in [1.165, 1.54) is 17.5 Å². The Bertz CT molecular complexity index is 464. The Hall–Kier alpha value is -1.55. The van der Waals surface area contributed by atoms with Gasteiger partial charge in [0.15, 0.2) is 0 Å². The minimum atomic E-state index is 0.262. The number of hydrogen-bond acceptors (Lipinski definition) is 3. The molecule has 0 saturated heterocycles. The first-order valence-corrected chi connectivity index (χ1v) is 4.82. The molecule has 1 aromatic heterocycles. The standard InChI is InChI=1S/C10H10ClN3O/c1-7-3-5-8(6-4-7)14-12-9(11)10(13-14)15-2/h3-6H,1-2H3. The first kappa shape index (κ1) is 9.98. The first-order valence-electron chi connectivity index (χ1n) is 4.44. The van der Waals surface area contributed by atoms with Crippen LogP contribution >= 0.6 is 11.6 Å². The van der Waals surface area contributed by atoms with Crippen LogP contribution in [0.1, 0.15) is 5.56 Å². The number of ether oxygens (including phenoxy) is 1. The summed E-state index contributed by atoms with van der Waals surface area (Å²) in [5.74, 6) is 0.331. The minimum absolute atomic E-state index is 0.262. The van der Waals surface area contributed by atoms with Crippen molar-refractivity contribution in [1.82, 2.24) is 15.0 Å². The van der Waals surface area contributed by atoms with Crippen LogP contribution in [-0.2, 0) is 0 Å². The van der Waals surface area contributed by atoms with Gasteiger partial charge in [0.05, 0.1) is 12.8 Å². The summed E-state index contributed by atoms with van der Waals surface area (Å²) >= 11 is 5.81. The number of halogens is 1. The van der Waals surface area contributed by atoms with Crippen molar-refractivity contribution in [2.75, 3.05) is 7.11 Å². The largest absolute Gasteiger partial charge is 0.478 e. The van der Waals surface area contributed by atoms with Crippen molar-refractivity contribution in [1.29, 1.82) is 0 Å². The van der Waals surface area contributed by atoms with E-state index in [4.69, 9.17) is 16.3 Å². The third kappa shape index (κ3) is 1.94. The monoisotopic (exact) mass is 223 g/mol. The van der Waals surface area contributed by atoms with Crippen LogP contribution in [0.25, 0.3) is 5.69 Å². The smallest absolute Gasteiger partial charge is 0.273 e. The number of hydrogen-bond donors (Lipinski definition) is 0. The molecular formula is C10H10ClN3O. The molecule has 2 rings (SSSR count). The van der Waals surface area contributed by atoms with Crippen LogP contribution < -0.4 is 4.74 Å². The van der Waals surface area contributed by atoms with E-state index in [1.54, 1.807) is 0 Å². The molecule has 2 aromatic rings. The average Bonchev–Trinajstić information content (AvgIpc) is 2.61. The van der Waals surface area contributed by atoms with E-state index in [9.17, 15) is 0 Å². The molecule has 0 aliphatic carbocycles. The Labute approximate surface area is 92.4 Å². The van der Waals surface area contributed by atoms with Gasteiger partial charge in [-0.2, -0.15) is 0 Å². The third-order valence-corrected chi connectivity index (χ3v) is 2.24. The molecule has 0 atom stereocenters. The summed E-state index contributed by atoms with van der Waals surface area (Å²) in [6.45, 7) is 2.02. The lowest BCUT2D eigenvalue weighted by Gasteiger charge is -1.98. The zero-order valence-corrected chi connectivity index (χ0v) is 9.19. The second-order valence-corrected chi connectivity index (χ2v) is 3.48. The van der Waals surface area contributed by atoms with Crippen molar-refractivity contribution in [2.24, 2.45) is 0 Å². The summed E-state index contributed by atoms with van der Waals surface area (Å²) in [5.41, 5.74) is 2.04. The van der Waals surface area contributed by atoms with Crippen LogP contribution in [0.4, 0.5) is 0 Å². The molecule has 5 heteroatoms. The maximum absolute atomic E-state index is 5.81. The molecule has 0 aliphatic rings. The highest BCUT2D eigenvalue weighted by Gasteiger charge is 2.09. The summed E-state index contributed by atoms with van der Waals surface area (Å²) in [6.07, 6.45) is 0. The van der Waals surface area contributed by atoms with E-state index in [-0.39, 0.29) is 5.15 Å². The van der Waals surface area contributed by atoms with Crippen LogP contribution in [0.3, 0.4) is 0 Å². The fourth-order valence-electron chi connectivity index (χ4n) is 1.19. The topological polar surface area (TPSA) is 39.9 Å². The third-order valence-electron chi connectivity index (χ3n) is 2.00.